The van der Waals surface area contributed by atoms with E-state index >= 15 is 0 Å². The van der Waals surface area contributed by atoms with Crippen LogP contribution in [0.1, 0.15) is 43.0 Å². The lowest BCUT2D eigenvalue weighted by Gasteiger charge is -2.06. The first-order chi connectivity index (χ1) is 6.68. The largest absolute Gasteiger partial charge is 0.481 e. The highest BCUT2D eigenvalue weighted by Crippen LogP contribution is 2.39. The number of hydrogen-bond donors (Lipinski definition) is 1. The number of aliphatic carboxylic acids is 1. The third-order valence-corrected chi connectivity index (χ3v) is 2.52. The monoisotopic (exact) mass is 192 g/mol. The van der Waals surface area contributed by atoms with Gasteiger partial charge in [0, 0.05) is 11.6 Å². The molecule has 0 bridgehead atoms. The Hall–Kier alpha value is -1.45. The first kappa shape index (κ1) is 9.12. The van der Waals surface area contributed by atoms with Gasteiger partial charge in [0.25, 0.3) is 0 Å². The highest BCUT2D eigenvalue weighted by Gasteiger charge is 2.26. The molecule has 1 heterocycles. The SMILES string of the molecule is CC(C(=O)O)c1cc(C2CC2)ncn1. The summed E-state index contributed by atoms with van der Waals surface area (Å²) in [7, 11) is 0. The molecular weight excluding hydrogens is 180 g/mol. The fourth-order valence-corrected chi connectivity index (χ4v) is 1.35. The van der Waals surface area contributed by atoms with Crippen LogP contribution < -0.4 is 0 Å². The molecule has 0 saturated heterocycles. The lowest BCUT2D eigenvalue weighted by molar-refractivity contribution is -0.138. The van der Waals surface area contributed by atoms with Gasteiger partial charge in [0.2, 0.25) is 0 Å². The van der Waals surface area contributed by atoms with Gasteiger partial charge in [-0.25, -0.2) is 9.97 Å². The molecular formula is C10H12N2O2. The number of carboxylic acid groups (broad SMARTS) is 1. The Labute approximate surface area is 82.0 Å². The zero-order valence-corrected chi connectivity index (χ0v) is 7.97. The second-order valence-electron chi connectivity index (χ2n) is 3.70. The standard InChI is InChI=1S/C10H12N2O2/c1-6(10(13)14)8-4-9(7-2-3-7)12-5-11-8/h4-7H,2-3H2,1H3,(H,13,14). The van der Waals surface area contributed by atoms with Crippen molar-refractivity contribution in [2.45, 2.75) is 31.6 Å². The van der Waals surface area contributed by atoms with Crippen LogP contribution >= 0.6 is 0 Å². The van der Waals surface area contributed by atoms with Crippen molar-refractivity contribution in [1.29, 1.82) is 0 Å². The molecule has 1 saturated carbocycles. The summed E-state index contributed by atoms with van der Waals surface area (Å²) in [6.07, 6.45) is 3.79. The van der Waals surface area contributed by atoms with Crippen LogP contribution in [0.25, 0.3) is 0 Å². The van der Waals surface area contributed by atoms with E-state index in [1.807, 2.05) is 6.07 Å². The summed E-state index contributed by atoms with van der Waals surface area (Å²) in [4.78, 5) is 18.9. The highest BCUT2D eigenvalue weighted by atomic mass is 16.4. The predicted octanol–water partition coefficient (Wildman–Crippen LogP) is 1.54. The number of carbonyl (C=O) groups is 1. The fraction of sp³-hybridized carbons (Fsp3) is 0.500. The van der Waals surface area contributed by atoms with Crippen molar-refractivity contribution >= 4 is 5.97 Å². The third-order valence-electron chi connectivity index (χ3n) is 2.52. The molecule has 1 aliphatic carbocycles. The van der Waals surface area contributed by atoms with Crippen molar-refractivity contribution in [1.82, 2.24) is 9.97 Å². The van der Waals surface area contributed by atoms with Crippen LogP contribution in [0.4, 0.5) is 0 Å². The van der Waals surface area contributed by atoms with E-state index in [1.165, 1.54) is 6.33 Å². The van der Waals surface area contributed by atoms with Crippen LogP contribution in [0.2, 0.25) is 0 Å². The van der Waals surface area contributed by atoms with E-state index < -0.39 is 11.9 Å². The van der Waals surface area contributed by atoms with Crippen LogP contribution in [0, 0.1) is 0 Å². The predicted molar refractivity (Wildman–Crippen MR) is 50.1 cm³/mol. The number of aromatic nitrogens is 2. The van der Waals surface area contributed by atoms with E-state index in [0.29, 0.717) is 11.6 Å². The van der Waals surface area contributed by atoms with Crippen LogP contribution in [0.5, 0.6) is 0 Å². The normalized spacial score (nSPS) is 17.8. The second kappa shape index (κ2) is 3.36. The van der Waals surface area contributed by atoms with Gasteiger partial charge >= 0.3 is 5.97 Å². The van der Waals surface area contributed by atoms with Gasteiger partial charge in [-0.3, -0.25) is 4.79 Å². The Kier molecular flexibility index (Phi) is 2.19. The second-order valence-corrected chi connectivity index (χ2v) is 3.70. The molecule has 1 atom stereocenters. The van der Waals surface area contributed by atoms with E-state index in [9.17, 15) is 4.79 Å². The quantitative estimate of drug-likeness (QED) is 0.789. The van der Waals surface area contributed by atoms with Crippen molar-refractivity contribution in [2.24, 2.45) is 0 Å². The maximum Gasteiger partial charge on any atom is 0.312 e. The average molecular weight is 192 g/mol. The molecule has 4 heteroatoms. The third kappa shape index (κ3) is 1.73. The lowest BCUT2D eigenvalue weighted by Crippen LogP contribution is -2.10. The minimum atomic E-state index is -0.842. The van der Waals surface area contributed by atoms with Crippen molar-refractivity contribution in [3.8, 4) is 0 Å². The smallest absolute Gasteiger partial charge is 0.312 e. The van der Waals surface area contributed by atoms with Crippen molar-refractivity contribution in [2.75, 3.05) is 0 Å². The van der Waals surface area contributed by atoms with Gasteiger partial charge in [0.15, 0.2) is 0 Å². The van der Waals surface area contributed by atoms with Crippen LogP contribution in [-0.4, -0.2) is 21.0 Å². The molecule has 2 rings (SSSR count). The molecule has 4 nitrogen and oxygen atoms in total. The van der Waals surface area contributed by atoms with Crippen LogP contribution in [-0.2, 0) is 4.79 Å². The molecule has 1 aromatic heterocycles. The van der Waals surface area contributed by atoms with E-state index in [-0.39, 0.29) is 0 Å². The summed E-state index contributed by atoms with van der Waals surface area (Å²) in [6.45, 7) is 1.64. The molecule has 0 radical (unpaired) electrons. The molecule has 0 spiro atoms. The zero-order chi connectivity index (χ0) is 10.1. The average Bonchev–Trinajstić information content (AvgIpc) is 3.00. The molecule has 1 aliphatic rings. The first-order valence-corrected chi connectivity index (χ1v) is 4.73. The van der Waals surface area contributed by atoms with Gasteiger partial charge in [-0.15, -0.1) is 0 Å². The Bertz CT molecular complexity index is 361. The Balaban J connectivity index is 2.25. The molecule has 0 amide bonds. The van der Waals surface area contributed by atoms with Gasteiger partial charge in [-0.05, 0) is 25.8 Å². The summed E-state index contributed by atoms with van der Waals surface area (Å²) in [5.41, 5.74) is 1.59. The van der Waals surface area contributed by atoms with Crippen molar-refractivity contribution in [3.05, 3.63) is 23.8 Å². The minimum absolute atomic E-state index is 0.540. The lowest BCUT2D eigenvalue weighted by atomic mass is 10.1. The maximum atomic E-state index is 10.7. The van der Waals surface area contributed by atoms with Gasteiger partial charge in [0.1, 0.15) is 6.33 Å². The molecule has 14 heavy (non-hydrogen) atoms. The van der Waals surface area contributed by atoms with Gasteiger partial charge < -0.3 is 5.11 Å². The Morgan fingerprint density at radius 3 is 2.86 bits per heavy atom. The van der Waals surface area contributed by atoms with Gasteiger partial charge in [-0.1, -0.05) is 0 Å². The molecule has 1 fully saturated rings. The summed E-state index contributed by atoms with van der Waals surface area (Å²) in [6, 6.07) is 1.82. The summed E-state index contributed by atoms with van der Waals surface area (Å²) in [5.74, 6) is -0.848. The first-order valence-electron chi connectivity index (χ1n) is 4.73. The zero-order valence-electron chi connectivity index (χ0n) is 7.97. The number of rotatable bonds is 3. The van der Waals surface area contributed by atoms with Crippen LogP contribution in [0.3, 0.4) is 0 Å². The minimum Gasteiger partial charge on any atom is -0.481 e. The molecule has 1 N–H and O–H groups in total. The van der Waals surface area contributed by atoms with Crippen molar-refractivity contribution in [3.63, 3.8) is 0 Å². The molecule has 1 unspecified atom stereocenters. The van der Waals surface area contributed by atoms with Crippen molar-refractivity contribution < 1.29 is 9.90 Å². The van der Waals surface area contributed by atoms with Crippen LogP contribution in [0.15, 0.2) is 12.4 Å². The fourth-order valence-electron chi connectivity index (χ4n) is 1.35. The Morgan fingerprint density at radius 2 is 2.29 bits per heavy atom. The molecule has 0 aliphatic heterocycles. The molecule has 74 valence electrons. The highest BCUT2D eigenvalue weighted by molar-refractivity contribution is 5.74. The van der Waals surface area contributed by atoms with E-state index in [0.717, 1.165) is 18.5 Å². The van der Waals surface area contributed by atoms with Gasteiger partial charge in [-0.2, -0.15) is 0 Å². The summed E-state index contributed by atoms with van der Waals surface area (Å²) < 4.78 is 0. The summed E-state index contributed by atoms with van der Waals surface area (Å²) in [5, 5.41) is 8.82. The molecule has 1 aromatic rings. The summed E-state index contributed by atoms with van der Waals surface area (Å²) >= 11 is 0. The van der Waals surface area contributed by atoms with Gasteiger partial charge in [0.05, 0.1) is 11.6 Å². The Morgan fingerprint density at radius 1 is 1.57 bits per heavy atom. The number of hydrogen-bond acceptors (Lipinski definition) is 3. The maximum absolute atomic E-state index is 10.7. The van der Waals surface area contributed by atoms with E-state index in [1.54, 1.807) is 6.92 Å². The topological polar surface area (TPSA) is 63.1 Å². The number of nitrogens with zero attached hydrogens (tertiary/aromatic N) is 2. The van der Waals surface area contributed by atoms with E-state index in [4.69, 9.17) is 5.11 Å². The van der Waals surface area contributed by atoms with E-state index in [2.05, 4.69) is 9.97 Å². The molecule has 0 aromatic carbocycles. The number of carboxylic acids is 1.